The lowest BCUT2D eigenvalue weighted by Gasteiger charge is -2.08. The van der Waals surface area contributed by atoms with Gasteiger partial charge in [0, 0.05) is 0 Å². The van der Waals surface area contributed by atoms with E-state index in [0.29, 0.717) is 5.56 Å². The van der Waals surface area contributed by atoms with Crippen molar-refractivity contribution in [3.63, 3.8) is 0 Å². The third kappa shape index (κ3) is 2.60. The van der Waals surface area contributed by atoms with Gasteiger partial charge in [0.05, 0.1) is 22.8 Å². The second-order valence-electron chi connectivity index (χ2n) is 2.77. The molecule has 0 atom stereocenters. The van der Waals surface area contributed by atoms with Gasteiger partial charge in [0.1, 0.15) is 5.82 Å². The van der Waals surface area contributed by atoms with Crippen LogP contribution in [0.5, 0.6) is 0 Å². The minimum atomic E-state index is -0.549. The maximum absolute atomic E-state index is 13.2. The van der Waals surface area contributed by atoms with E-state index in [1.54, 1.807) is 0 Å². The molecule has 1 aromatic carbocycles. The number of nitrogen functional groups attached to an aromatic ring is 1. The van der Waals surface area contributed by atoms with Crippen molar-refractivity contribution in [3.05, 3.63) is 27.5 Å². The summed E-state index contributed by atoms with van der Waals surface area (Å²) in [6, 6.07) is 1.39. The number of ether oxygens (including phenoxy) is 1. The molecule has 0 spiro atoms. The summed E-state index contributed by atoms with van der Waals surface area (Å²) < 4.78 is 18.0. The molecular weight excluding hydrogens is 288 g/mol. The summed E-state index contributed by atoms with van der Waals surface area (Å²) in [6.07, 6.45) is 0. The summed E-state index contributed by atoms with van der Waals surface area (Å²) in [5.74, 6) is -1.07. The van der Waals surface area contributed by atoms with Gasteiger partial charge in [-0.2, -0.15) is 0 Å². The Hall–Kier alpha value is -0.810. The molecule has 0 fully saturated rings. The van der Waals surface area contributed by atoms with Gasteiger partial charge in [-0.05, 0) is 34.5 Å². The van der Waals surface area contributed by atoms with Gasteiger partial charge in [-0.3, -0.25) is 0 Å². The lowest BCUT2D eigenvalue weighted by Crippen LogP contribution is -2.06. The molecule has 0 amide bonds. The molecule has 84 valence electrons. The molecule has 0 aromatic heterocycles. The fourth-order valence-corrected chi connectivity index (χ4v) is 1.51. The molecule has 0 bridgehead atoms. The molecule has 3 nitrogen and oxygen atoms in total. The maximum Gasteiger partial charge on any atom is 0.339 e. The first kappa shape index (κ1) is 14.2. The average molecular weight is 299 g/mol. The second-order valence-corrected chi connectivity index (χ2v) is 3.57. The molecule has 1 rings (SSSR count). The van der Waals surface area contributed by atoms with Gasteiger partial charge in [-0.1, -0.05) is 0 Å². The Morgan fingerprint density at radius 1 is 1.60 bits per heavy atom. The lowest BCUT2D eigenvalue weighted by atomic mass is 10.1. The number of hydrogen-bond acceptors (Lipinski definition) is 3. The van der Waals surface area contributed by atoms with Crippen LogP contribution in [0.4, 0.5) is 10.1 Å². The standard InChI is InChI=1S/C9H9BrFNO2.ClH/c1-4-3-5(9(13)14-2)6(10)8(12)7(4)11;/h3H,12H2,1-2H3;1H. The van der Waals surface area contributed by atoms with Crippen molar-refractivity contribution in [1.82, 2.24) is 0 Å². The summed E-state index contributed by atoms with van der Waals surface area (Å²) in [5, 5.41) is 0. The van der Waals surface area contributed by atoms with Gasteiger partial charge in [-0.15, -0.1) is 12.4 Å². The molecule has 6 heteroatoms. The summed E-state index contributed by atoms with van der Waals surface area (Å²) in [7, 11) is 1.25. The van der Waals surface area contributed by atoms with Crippen LogP contribution in [-0.4, -0.2) is 13.1 Å². The Kier molecular flexibility index (Phi) is 5.03. The molecule has 0 saturated heterocycles. The zero-order chi connectivity index (χ0) is 10.9. The lowest BCUT2D eigenvalue weighted by molar-refractivity contribution is 0.0599. The van der Waals surface area contributed by atoms with E-state index in [4.69, 9.17) is 5.73 Å². The molecule has 0 aliphatic carbocycles. The molecule has 15 heavy (non-hydrogen) atoms. The SMILES string of the molecule is COC(=O)c1cc(C)c(F)c(N)c1Br.Cl. The van der Waals surface area contributed by atoms with E-state index in [0.717, 1.165) is 0 Å². The summed E-state index contributed by atoms with van der Waals surface area (Å²) in [4.78, 5) is 11.2. The maximum atomic E-state index is 13.2. The number of carbonyl (C=O) groups excluding carboxylic acids is 1. The first-order valence-corrected chi connectivity index (χ1v) is 4.60. The quantitative estimate of drug-likeness (QED) is 0.640. The molecule has 0 aliphatic heterocycles. The molecule has 0 heterocycles. The number of aryl methyl sites for hydroxylation is 1. The zero-order valence-electron chi connectivity index (χ0n) is 8.14. The Morgan fingerprint density at radius 3 is 2.60 bits per heavy atom. The first-order chi connectivity index (χ1) is 6.49. The fourth-order valence-electron chi connectivity index (χ4n) is 1.06. The monoisotopic (exact) mass is 297 g/mol. The number of halogens is 3. The van der Waals surface area contributed by atoms with Crippen molar-refractivity contribution >= 4 is 40.0 Å². The van der Waals surface area contributed by atoms with E-state index in [1.165, 1.54) is 20.1 Å². The van der Waals surface area contributed by atoms with E-state index in [2.05, 4.69) is 20.7 Å². The Bertz CT molecular complexity index is 398. The third-order valence-electron chi connectivity index (χ3n) is 1.82. The second kappa shape index (κ2) is 5.32. The highest BCUT2D eigenvalue weighted by Gasteiger charge is 2.17. The predicted molar refractivity (Wildman–Crippen MR) is 61.8 cm³/mol. The highest BCUT2D eigenvalue weighted by Crippen LogP contribution is 2.29. The van der Waals surface area contributed by atoms with E-state index < -0.39 is 11.8 Å². The number of benzene rings is 1. The largest absolute Gasteiger partial charge is 0.465 e. The van der Waals surface area contributed by atoms with Crippen LogP contribution in [-0.2, 0) is 4.74 Å². The minimum absolute atomic E-state index is 0. The molecule has 1 aromatic rings. The minimum Gasteiger partial charge on any atom is -0.465 e. The molecular formula is C9H10BrClFNO2. The molecule has 0 unspecified atom stereocenters. The van der Waals surface area contributed by atoms with Crippen molar-refractivity contribution in [2.75, 3.05) is 12.8 Å². The number of anilines is 1. The van der Waals surface area contributed by atoms with Crippen molar-refractivity contribution in [2.24, 2.45) is 0 Å². The van der Waals surface area contributed by atoms with Gasteiger partial charge >= 0.3 is 5.97 Å². The molecule has 0 saturated carbocycles. The highest BCUT2D eigenvalue weighted by molar-refractivity contribution is 9.10. The zero-order valence-corrected chi connectivity index (χ0v) is 10.5. The van der Waals surface area contributed by atoms with Crippen LogP contribution in [0.25, 0.3) is 0 Å². The van der Waals surface area contributed by atoms with Crippen LogP contribution in [0.1, 0.15) is 15.9 Å². The van der Waals surface area contributed by atoms with Gasteiger partial charge in [-0.25, -0.2) is 9.18 Å². The van der Waals surface area contributed by atoms with Crippen LogP contribution in [0, 0.1) is 12.7 Å². The third-order valence-corrected chi connectivity index (χ3v) is 2.68. The van der Waals surface area contributed by atoms with Crippen LogP contribution in [0.15, 0.2) is 10.5 Å². The summed E-state index contributed by atoms with van der Waals surface area (Å²) >= 11 is 3.04. The van der Waals surface area contributed by atoms with Crippen LogP contribution in [0.2, 0.25) is 0 Å². The number of esters is 1. The van der Waals surface area contributed by atoms with Crippen LogP contribution >= 0.6 is 28.3 Å². The van der Waals surface area contributed by atoms with Crippen molar-refractivity contribution in [1.29, 1.82) is 0 Å². The van der Waals surface area contributed by atoms with E-state index in [9.17, 15) is 9.18 Å². The molecule has 2 N–H and O–H groups in total. The van der Waals surface area contributed by atoms with E-state index >= 15 is 0 Å². The number of hydrogen-bond donors (Lipinski definition) is 1. The Labute approximate surface area is 101 Å². The molecule has 0 aliphatic rings. The van der Waals surface area contributed by atoms with E-state index in [-0.39, 0.29) is 28.1 Å². The van der Waals surface area contributed by atoms with Gasteiger partial charge in [0.2, 0.25) is 0 Å². The van der Waals surface area contributed by atoms with Crippen LogP contribution < -0.4 is 5.73 Å². The summed E-state index contributed by atoms with van der Waals surface area (Å²) in [5.41, 5.74) is 5.91. The van der Waals surface area contributed by atoms with Crippen molar-refractivity contribution in [3.8, 4) is 0 Å². The van der Waals surface area contributed by atoms with Gasteiger partial charge in [0.15, 0.2) is 0 Å². The highest BCUT2D eigenvalue weighted by atomic mass is 79.9. The smallest absolute Gasteiger partial charge is 0.339 e. The Morgan fingerprint density at radius 2 is 2.13 bits per heavy atom. The topological polar surface area (TPSA) is 52.3 Å². The molecule has 0 radical (unpaired) electrons. The fraction of sp³-hybridized carbons (Fsp3) is 0.222. The average Bonchev–Trinajstić information content (AvgIpc) is 2.19. The number of methoxy groups -OCH3 is 1. The van der Waals surface area contributed by atoms with Gasteiger partial charge in [0.25, 0.3) is 0 Å². The van der Waals surface area contributed by atoms with Crippen LogP contribution in [0.3, 0.4) is 0 Å². The normalized spacial score (nSPS) is 9.33. The number of carbonyl (C=O) groups is 1. The van der Waals surface area contributed by atoms with Gasteiger partial charge < -0.3 is 10.5 Å². The number of rotatable bonds is 1. The van der Waals surface area contributed by atoms with E-state index in [1.807, 2.05) is 0 Å². The summed E-state index contributed by atoms with van der Waals surface area (Å²) in [6.45, 7) is 1.53. The predicted octanol–water partition coefficient (Wildman–Crippen LogP) is 2.69. The van der Waals surface area contributed by atoms with Crippen molar-refractivity contribution < 1.29 is 13.9 Å². The number of nitrogens with two attached hydrogens (primary N) is 1. The Balaban J connectivity index is 0.00000196. The van der Waals surface area contributed by atoms with Crippen molar-refractivity contribution in [2.45, 2.75) is 6.92 Å². The first-order valence-electron chi connectivity index (χ1n) is 3.81.